The molecule has 1 fully saturated rings. The van der Waals surface area contributed by atoms with Gasteiger partial charge in [-0.15, -0.1) is 0 Å². The molecule has 1 saturated heterocycles. The van der Waals surface area contributed by atoms with Crippen LogP contribution in [0.5, 0.6) is 0 Å². The molecular weight excluding hydrogens is 323 g/mol. The van der Waals surface area contributed by atoms with Gasteiger partial charge in [0.05, 0.1) is 18.8 Å². The topological polar surface area (TPSA) is 44.8 Å². The summed E-state index contributed by atoms with van der Waals surface area (Å²) in [6, 6.07) is 7.17. The number of hydrogen-bond donors (Lipinski definition) is 0. The summed E-state index contributed by atoms with van der Waals surface area (Å²) in [5.74, 6) is -0.382. The fourth-order valence-electron chi connectivity index (χ4n) is 1.31. The van der Waals surface area contributed by atoms with Crippen molar-refractivity contribution in [2.45, 2.75) is 6.29 Å². The first-order chi connectivity index (χ1) is 7.75. The molecule has 1 heterocycles. The van der Waals surface area contributed by atoms with Crippen molar-refractivity contribution in [1.82, 2.24) is 0 Å². The van der Waals surface area contributed by atoms with Crippen LogP contribution in [-0.2, 0) is 14.2 Å². The summed E-state index contributed by atoms with van der Waals surface area (Å²) in [5, 5.41) is 0. The van der Waals surface area contributed by atoms with E-state index in [4.69, 9.17) is 14.2 Å². The Labute approximate surface area is 107 Å². The minimum absolute atomic E-state index is 0.302. The van der Waals surface area contributed by atoms with Gasteiger partial charge in [-0.05, 0) is 46.9 Å². The van der Waals surface area contributed by atoms with E-state index in [2.05, 4.69) is 22.6 Å². The molecule has 2 rings (SSSR count). The summed E-state index contributed by atoms with van der Waals surface area (Å²) in [5.41, 5.74) is 0.523. The number of hydrogen-bond acceptors (Lipinski definition) is 4. The zero-order valence-electron chi connectivity index (χ0n) is 8.52. The number of rotatable bonds is 2. The lowest BCUT2D eigenvalue weighted by molar-refractivity contribution is -0.186. The molecule has 5 heteroatoms. The summed E-state index contributed by atoms with van der Waals surface area (Å²) < 4.78 is 16.6. The maximum atomic E-state index is 11.7. The van der Waals surface area contributed by atoms with E-state index < -0.39 is 6.29 Å². The molecule has 86 valence electrons. The SMILES string of the molecule is O=C(O[C@@H]1COCCO1)c1ccc(I)cc1. The van der Waals surface area contributed by atoms with Gasteiger partial charge in [0.15, 0.2) is 0 Å². The summed E-state index contributed by atoms with van der Waals surface area (Å²) >= 11 is 2.18. The zero-order valence-corrected chi connectivity index (χ0v) is 10.7. The summed E-state index contributed by atoms with van der Waals surface area (Å²) in [6.07, 6.45) is -0.583. The second kappa shape index (κ2) is 5.60. The Morgan fingerprint density at radius 1 is 1.31 bits per heavy atom. The van der Waals surface area contributed by atoms with Crippen molar-refractivity contribution in [3.8, 4) is 0 Å². The van der Waals surface area contributed by atoms with E-state index in [0.717, 1.165) is 3.57 Å². The van der Waals surface area contributed by atoms with Gasteiger partial charge < -0.3 is 14.2 Å². The molecule has 1 aromatic rings. The second-order valence-electron chi connectivity index (χ2n) is 3.29. The lowest BCUT2D eigenvalue weighted by Gasteiger charge is -2.22. The highest BCUT2D eigenvalue weighted by Crippen LogP contribution is 2.10. The zero-order chi connectivity index (χ0) is 11.4. The van der Waals surface area contributed by atoms with Gasteiger partial charge in [-0.3, -0.25) is 0 Å². The van der Waals surface area contributed by atoms with Crippen LogP contribution in [0.3, 0.4) is 0 Å². The van der Waals surface area contributed by atoms with Crippen LogP contribution >= 0.6 is 22.6 Å². The van der Waals surface area contributed by atoms with Gasteiger partial charge in [-0.1, -0.05) is 0 Å². The van der Waals surface area contributed by atoms with E-state index in [-0.39, 0.29) is 5.97 Å². The van der Waals surface area contributed by atoms with Crippen LogP contribution in [0.25, 0.3) is 0 Å². The van der Waals surface area contributed by atoms with Crippen molar-refractivity contribution in [2.24, 2.45) is 0 Å². The van der Waals surface area contributed by atoms with Crippen molar-refractivity contribution in [3.05, 3.63) is 33.4 Å². The van der Waals surface area contributed by atoms with Crippen LogP contribution in [0.1, 0.15) is 10.4 Å². The quantitative estimate of drug-likeness (QED) is 0.611. The van der Waals surface area contributed by atoms with Crippen LogP contribution in [0.4, 0.5) is 0 Å². The van der Waals surface area contributed by atoms with Gasteiger partial charge in [-0.2, -0.15) is 0 Å². The Hall–Kier alpha value is -0.660. The minimum atomic E-state index is -0.583. The highest BCUT2D eigenvalue weighted by molar-refractivity contribution is 14.1. The van der Waals surface area contributed by atoms with Crippen molar-refractivity contribution >= 4 is 28.6 Å². The van der Waals surface area contributed by atoms with Crippen LogP contribution in [0.15, 0.2) is 24.3 Å². The maximum absolute atomic E-state index is 11.7. The number of benzene rings is 1. The van der Waals surface area contributed by atoms with Gasteiger partial charge in [0.1, 0.15) is 6.61 Å². The Bertz CT molecular complexity index is 357. The van der Waals surface area contributed by atoms with E-state index >= 15 is 0 Å². The molecular formula is C11H11IO4. The molecule has 0 N–H and O–H groups in total. The highest BCUT2D eigenvalue weighted by Gasteiger charge is 2.19. The van der Waals surface area contributed by atoms with Gasteiger partial charge in [-0.25, -0.2) is 4.79 Å². The molecule has 0 radical (unpaired) electrons. The van der Waals surface area contributed by atoms with Gasteiger partial charge in [0, 0.05) is 3.57 Å². The van der Waals surface area contributed by atoms with Crippen LogP contribution < -0.4 is 0 Å². The fraction of sp³-hybridized carbons (Fsp3) is 0.364. The molecule has 0 saturated carbocycles. The van der Waals surface area contributed by atoms with Gasteiger partial charge in [0.2, 0.25) is 6.29 Å². The van der Waals surface area contributed by atoms with Crippen LogP contribution in [0.2, 0.25) is 0 Å². The third-order valence-electron chi connectivity index (χ3n) is 2.10. The molecule has 1 aromatic carbocycles. The summed E-state index contributed by atoms with van der Waals surface area (Å²) in [4.78, 5) is 11.7. The molecule has 0 bridgehead atoms. The lowest BCUT2D eigenvalue weighted by Crippen LogP contribution is -2.32. The average Bonchev–Trinajstić information content (AvgIpc) is 2.31. The van der Waals surface area contributed by atoms with E-state index in [9.17, 15) is 4.79 Å². The first kappa shape index (κ1) is 11.8. The third-order valence-corrected chi connectivity index (χ3v) is 2.82. The van der Waals surface area contributed by atoms with Gasteiger partial charge >= 0.3 is 5.97 Å². The molecule has 1 aliphatic rings. The Morgan fingerprint density at radius 2 is 2.06 bits per heavy atom. The predicted octanol–water partition coefficient (Wildman–Crippen LogP) is 1.82. The maximum Gasteiger partial charge on any atom is 0.340 e. The number of carbonyl (C=O) groups excluding carboxylic acids is 1. The monoisotopic (exact) mass is 334 g/mol. The molecule has 0 aliphatic carbocycles. The molecule has 0 aromatic heterocycles. The van der Waals surface area contributed by atoms with E-state index in [1.165, 1.54) is 0 Å². The molecule has 4 nitrogen and oxygen atoms in total. The van der Waals surface area contributed by atoms with Crippen molar-refractivity contribution < 1.29 is 19.0 Å². The molecule has 1 aliphatic heterocycles. The number of ether oxygens (including phenoxy) is 3. The highest BCUT2D eigenvalue weighted by atomic mass is 127. The van der Waals surface area contributed by atoms with Gasteiger partial charge in [0.25, 0.3) is 0 Å². The Kier molecular flexibility index (Phi) is 4.14. The van der Waals surface area contributed by atoms with Crippen LogP contribution in [0, 0.1) is 3.57 Å². The fourth-order valence-corrected chi connectivity index (χ4v) is 1.67. The standard InChI is InChI=1S/C11H11IO4/c12-9-3-1-8(2-4-9)11(13)16-10-7-14-5-6-15-10/h1-4,10H,5-7H2/t10-/m1/s1. The molecule has 0 spiro atoms. The molecule has 1 atom stereocenters. The first-order valence-corrected chi connectivity index (χ1v) is 5.99. The van der Waals surface area contributed by atoms with E-state index in [1.54, 1.807) is 12.1 Å². The average molecular weight is 334 g/mol. The van der Waals surface area contributed by atoms with E-state index in [0.29, 0.717) is 25.4 Å². The van der Waals surface area contributed by atoms with Crippen molar-refractivity contribution in [2.75, 3.05) is 19.8 Å². The van der Waals surface area contributed by atoms with E-state index in [1.807, 2.05) is 12.1 Å². The summed E-state index contributed by atoms with van der Waals surface area (Å²) in [6.45, 7) is 1.32. The smallest absolute Gasteiger partial charge is 0.340 e. The van der Waals surface area contributed by atoms with Crippen molar-refractivity contribution in [1.29, 1.82) is 0 Å². The van der Waals surface area contributed by atoms with Crippen LogP contribution in [-0.4, -0.2) is 32.1 Å². The Balaban J connectivity index is 1.94. The number of carbonyl (C=O) groups is 1. The number of esters is 1. The Morgan fingerprint density at radius 3 is 2.69 bits per heavy atom. The predicted molar refractivity (Wildman–Crippen MR) is 65.1 cm³/mol. The normalized spacial score (nSPS) is 20.4. The summed E-state index contributed by atoms with van der Waals surface area (Å²) in [7, 11) is 0. The molecule has 0 amide bonds. The second-order valence-corrected chi connectivity index (χ2v) is 4.53. The molecule has 0 unspecified atom stereocenters. The molecule has 16 heavy (non-hydrogen) atoms. The third kappa shape index (κ3) is 3.16. The van der Waals surface area contributed by atoms with Crippen molar-refractivity contribution in [3.63, 3.8) is 0 Å². The first-order valence-electron chi connectivity index (χ1n) is 4.91. The number of halogens is 1. The lowest BCUT2D eigenvalue weighted by atomic mass is 10.2. The minimum Gasteiger partial charge on any atom is -0.430 e. The largest absolute Gasteiger partial charge is 0.430 e.